The summed E-state index contributed by atoms with van der Waals surface area (Å²) >= 11 is 0. The lowest BCUT2D eigenvalue weighted by Crippen LogP contribution is -2.56. The molecule has 3 fully saturated rings. The predicted octanol–water partition coefficient (Wildman–Crippen LogP) is 1.54. The topological polar surface area (TPSA) is 49.9 Å². The van der Waals surface area contributed by atoms with Gasteiger partial charge in [0.15, 0.2) is 0 Å². The summed E-state index contributed by atoms with van der Waals surface area (Å²) in [5.41, 5.74) is 0. The monoisotopic (exact) mass is 304 g/mol. The lowest BCUT2D eigenvalue weighted by atomic mass is 9.85. The van der Waals surface area contributed by atoms with Crippen LogP contribution in [0.25, 0.3) is 0 Å². The van der Waals surface area contributed by atoms with Crippen LogP contribution in [0.15, 0.2) is 12.2 Å². The summed E-state index contributed by atoms with van der Waals surface area (Å²) in [5, 5.41) is 0. The maximum atomic E-state index is 12.6. The average molecular weight is 304 g/mol. The van der Waals surface area contributed by atoms with E-state index >= 15 is 0 Å². The van der Waals surface area contributed by atoms with Gasteiger partial charge < -0.3 is 4.74 Å². The first-order valence-corrected chi connectivity index (χ1v) is 8.61. The molecule has 2 saturated heterocycles. The van der Waals surface area contributed by atoms with Crippen molar-refractivity contribution < 1.29 is 14.3 Å². The summed E-state index contributed by atoms with van der Waals surface area (Å²) in [7, 11) is 0. The molecule has 2 aliphatic carbocycles. The standard InChI is InChI=1S/C17H24N2O3/c20-16-12-5-1-2-6-13(12)17(21)19(16)11-18-9-10-22-15-8-4-3-7-14(15)18/h1-2,12-15H,3-11H2/t12-,13+,14-,15-/m1/s1. The molecule has 0 radical (unpaired) electrons. The van der Waals surface area contributed by atoms with Gasteiger partial charge in [-0.3, -0.25) is 19.4 Å². The Morgan fingerprint density at radius 1 is 1.05 bits per heavy atom. The van der Waals surface area contributed by atoms with Crippen molar-refractivity contribution in [3.63, 3.8) is 0 Å². The van der Waals surface area contributed by atoms with Crippen LogP contribution in [-0.4, -0.2) is 53.6 Å². The molecule has 0 aromatic carbocycles. The second-order valence-corrected chi connectivity index (χ2v) is 6.98. The molecule has 2 aliphatic heterocycles. The van der Waals surface area contributed by atoms with Gasteiger partial charge in [0.1, 0.15) is 0 Å². The minimum absolute atomic E-state index is 0.0400. The van der Waals surface area contributed by atoms with Crippen LogP contribution in [0.5, 0.6) is 0 Å². The van der Waals surface area contributed by atoms with Gasteiger partial charge in [0.2, 0.25) is 11.8 Å². The molecule has 4 atom stereocenters. The van der Waals surface area contributed by atoms with Crippen LogP contribution in [-0.2, 0) is 14.3 Å². The maximum absolute atomic E-state index is 12.6. The maximum Gasteiger partial charge on any atom is 0.234 e. The molecule has 4 aliphatic rings. The number of hydrogen-bond acceptors (Lipinski definition) is 4. The predicted molar refractivity (Wildman–Crippen MR) is 80.8 cm³/mol. The van der Waals surface area contributed by atoms with E-state index in [1.807, 2.05) is 12.2 Å². The molecule has 4 rings (SSSR count). The smallest absolute Gasteiger partial charge is 0.234 e. The quantitative estimate of drug-likeness (QED) is 0.573. The lowest BCUT2D eigenvalue weighted by Gasteiger charge is -2.44. The van der Waals surface area contributed by atoms with Gasteiger partial charge in [0.05, 0.1) is 31.2 Å². The number of ether oxygens (including phenoxy) is 1. The molecule has 0 spiro atoms. The van der Waals surface area contributed by atoms with Gasteiger partial charge in [0, 0.05) is 12.6 Å². The number of imide groups is 1. The highest BCUT2D eigenvalue weighted by Gasteiger charge is 2.48. The van der Waals surface area contributed by atoms with Gasteiger partial charge in [0.25, 0.3) is 0 Å². The molecular weight excluding hydrogens is 280 g/mol. The highest BCUT2D eigenvalue weighted by atomic mass is 16.5. The van der Waals surface area contributed by atoms with E-state index in [0.717, 1.165) is 32.2 Å². The molecule has 0 aromatic heterocycles. The van der Waals surface area contributed by atoms with Crippen molar-refractivity contribution in [2.45, 2.75) is 50.7 Å². The summed E-state index contributed by atoms with van der Waals surface area (Å²) < 4.78 is 5.88. The van der Waals surface area contributed by atoms with Crippen LogP contribution in [0, 0.1) is 11.8 Å². The number of allylic oxidation sites excluding steroid dienone is 2. The third-order valence-electron chi connectivity index (χ3n) is 5.77. The minimum atomic E-state index is -0.110. The summed E-state index contributed by atoms with van der Waals surface area (Å²) in [4.78, 5) is 29.0. The molecule has 1 saturated carbocycles. The van der Waals surface area contributed by atoms with Gasteiger partial charge in [-0.05, 0) is 25.7 Å². The van der Waals surface area contributed by atoms with Gasteiger partial charge >= 0.3 is 0 Å². The second kappa shape index (κ2) is 5.78. The summed E-state index contributed by atoms with van der Waals surface area (Å²) in [6.07, 6.45) is 10.5. The van der Waals surface area contributed by atoms with Crippen molar-refractivity contribution in [1.82, 2.24) is 9.80 Å². The highest BCUT2D eigenvalue weighted by Crippen LogP contribution is 2.36. The molecule has 0 unspecified atom stereocenters. The zero-order valence-corrected chi connectivity index (χ0v) is 12.9. The molecule has 2 heterocycles. The second-order valence-electron chi connectivity index (χ2n) is 6.98. The first kappa shape index (κ1) is 14.4. The molecule has 0 N–H and O–H groups in total. The third-order valence-corrected chi connectivity index (χ3v) is 5.77. The van der Waals surface area contributed by atoms with Gasteiger partial charge in [-0.1, -0.05) is 25.0 Å². The van der Waals surface area contributed by atoms with E-state index in [4.69, 9.17) is 4.74 Å². The van der Waals surface area contributed by atoms with E-state index in [1.165, 1.54) is 17.7 Å². The van der Waals surface area contributed by atoms with Crippen LogP contribution in [0.2, 0.25) is 0 Å². The van der Waals surface area contributed by atoms with Crippen molar-refractivity contribution in [1.29, 1.82) is 0 Å². The van der Waals surface area contributed by atoms with Crippen molar-refractivity contribution in [3.8, 4) is 0 Å². The van der Waals surface area contributed by atoms with Crippen LogP contribution in [0.3, 0.4) is 0 Å². The Bertz CT molecular complexity index is 476. The number of morpholine rings is 1. The number of carbonyl (C=O) groups excluding carboxylic acids is 2. The van der Waals surface area contributed by atoms with Crippen LogP contribution < -0.4 is 0 Å². The molecule has 5 nitrogen and oxygen atoms in total. The molecule has 2 amide bonds. The Labute approximate surface area is 131 Å². The van der Waals surface area contributed by atoms with Crippen molar-refractivity contribution in [3.05, 3.63) is 12.2 Å². The summed E-state index contributed by atoms with van der Waals surface area (Å²) in [6.45, 7) is 2.01. The Hall–Kier alpha value is -1.20. The third kappa shape index (κ3) is 2.31. The fourth-order valence-electron chi connectivity index (χ4n) is 4.54. The zero-order valence-electron chi connectivity index (χ0n) is 12.9. The van der Waals surface area contributed by atoms with Crippen LogP contribution in [0.1, 0.15) is 38.5 Å². The first-order chi connectivity index (χ1) is 10.8. The van der Waals surface area contributed by atoms with E-state index in [2.05, 4.69) is 4.90 Å². The van der Waals surface area contributed by atoms with E-state index in [0.29, 0.717) is 25.4 Å². The van der Waals surface area contributed by atoms with E-state index < -0.39 is 0 Å². The average Bonchev–Trinajstić information content (AvgIpc) is 2.81. The van der Waals surface area contributed by atoms with Crippen molar-refractivity contribution >= 4 is 11.8 Å². The first-order valence-electron chi connectivity index (χ1n) is 8.61. The Balaban J connectivity index is 1.48. The SMILES string of the molecule is O=C1[C@H]2CC=CC[C@H]2C(=O)N1CN1CCO[C@@H]2CCCC[C@H]21. The molecular formula is C17H24N2O3. The number of fused-ring (bicyclic) bond motifs is 2. The van der Waals surface area contributed by atoms with E-state index in [-0.39, 0.29) is 23.7 Å². The summed E-state index contributed by atoms with van der Waals surface area (Å²) in [6, 6.07) is 0.379. The fraction of sp³-hybridized carbons (Fsp3) is 0.765. The molecule has 0 bridgehead atoms. The van der Waals surface area contributed by atoms with Gasteiger partial charge in [-0.2, -0.15) is 0 Å². The number of nitrogens with zero attached hydrogens (tertiary/aromatic N) is 2. The van der Waals surface area contributed by atoms with Crippen molar-refractivity contribution in [2.75, 3.05) is 19.8 Å². The number of hydrogen-bond donors (Lipinski definition) is 0. The molecule has 120 valence electrons. The lowest BCUT2D eigenvalue weighted by molar-refractivity contribution is -0.148. The number of likely N-dealkylation sites (tertiary alicyclic amines) is 1. The summed E-state index contributed by atoms with van der Waals surface area (Å²) in [5.74, 6) is -0.141. The zero-order chi connectivity index (χ0) is 15.1. The number of rotatable bonds is 2. The Kier molecular flexibility index (Phi) is 3.78. The molecule has 0 aromatic rings. The normalized spacial score (nSPS) is 39.0. The molecule has 22 heavy (non-hydrogen) atoms. The number of carbonyl (C=O) groups is 2. The Morgan fingerprint density at radius 3 is 2.45 bits per heavy atom. The minimum Gasteiger partial charge on any atom is -0.375 e. The fourth-order valence-corrected chi connectivity index (χ4v) is 4.54. The largest absolute Gasteiger partial charge is 0.375 e. The van der Waals surface area contributed by atoms with Crippen LogP contribution >= 0.6 is 0 Å². The van der Waals surface area contributed by atoms with E-state index in [9.17, 15) is 9.59 Å². The van der Waals surface area contributed by atoms with Crippen molar-refractivity contribution in [2.24, 2.45) is 11.8 Å². The number of amides is 2. The van der Waals surface area contributed by atoms with E-state index in [1.54, 1.807) is 0 Å². The highest BCUT2D eigenvalue weighted by molar-refractivity contribution is 6.05. The van der Waals surface area contributed by atoms with Gasteiger partial charge in [-0.25, -0.2) is 0 Å². The van der Waals surface area contributed by atoms with Gasteiger partial charge in [-0.15, -0.1) is 0 Å². The Morgan fingerprint density at radius 2 is 1.73 bits per heavy atom. The molecule has 5 heteroatoms. The van der Waals surface area contributed by atoms with Crippen LogP contribution in [0.4, 0.5) is 0 Å².